The molecule has 0 radical (unpaired) electrons. The number of carbonyl (C=O) groups excluding carboxylic acids is 1. The third kappa shape index (κ3) is 4.74. The molecule has 1 amide bonds. The van der Waals surface area contributed by atoms with Crippen LogP contribution in [-0.4, -0.2) is 50.5 Å². The molecule has 11 heteroatoms. The number of pyridine rings is 2. The second kappa shape index (κ2) is 10.4. The Bertz CT molecular complexity index is 1640. The lowest BCUT2D eigenvalue weighted by Crippen LogP contribution is -2.35. The molecule has 1 aromatic carbocycles. The van der Waals surface area contributed by atoms with Crippen LogP contribution in [0.2, 0.25) is 0 Å². The van der Waals surface area contributed by atoms with Crippen LogP contribution in [0.25, 0.3) is 22.2 Å². The molecule has 0 aliphatic carbocycles. The molecule has 5 rings (SSSR count). The summed E-state index contributed by atoms with van der Waals surface area (Å²) in [7, 11) is 1.43. The van der Waals surface area contributed by atoms with Crippen LogP contribution in [0.3, 0.4) is 0 Å². The van der Waals surface area contributed by atoms with E-state index in [2.05, 4.69) is 20.3 Å². The first-order valence-electron chi connectivity index (χ1n) is 12.4. The maximum absolute atomic E-state index is 15.5. The van der Waals surface area contributed by atoms with Crippen LogP contribution in [0, 0.1) is 5.82 Å². The minimum Gasteiger partial charge on any atom is -0.496 e. The van der Waals surface area contributed by atoms with Gasteiger partial charge in [0.15, 0.2) is 0 Å². The fourth-order valence-corrected chi connectivity index (χ4v) is 4.66. The van der Waals surface area contributed by atoms with E-state index in [9.17, 15) is 14.4 Å². The molecule has 38 heavy (non-hydrogen) atoms. The van der Waals surface area contributed by atoms with Crippen molar-refractivity contribution in [2.24, 2.45) is 0 Å². The number of halogens is 1. The van der Waals surface area contributed by atoms with Gasteiger partial charge in [-0.05, 0) is 56.5 Å². The highest BCUT2D eigenvalue weighted by atomic mass is 19.1. The van der Waals surface area contributed by atoms with Crippen molar-refractivity contribution in [2.45, 2.75) is 32.7 Å². The molecule has 10 nitrogen and oxygen atoms in total. The van der Waals surface area contributed by atoms with Gasteiger partial charge in [0, 0.05) is 37.6 Å². The number of anilines is 2. The number of hydrogen-bond acceptors (Lipinski definition) is 7. The predicted molar refractivity (Wildman–Crippen MR) is 142 cm³/mol. The number of benzene rings is 1. The summed E-state index contributed by atoms with van der Waals surface area (Å²) in [5.74, 6) is -0.483. The molecule has 1 aliphatic heterocycles. The first kappa shape index (κ1) is 25.1. The van der Waals surface area contributed by atoms with Gasteiger partial charge in [0.05, 0.1) is 35.0 Å². The average Bonchev–Trinajstić information content (AvgIpc) is 2.93. The van der Waals surface area contributed by atoms with Gasteiger partial charge in [-0.15, -0.1) is 0 Å². The molecule has 0 saturated carbocycles. The van der Waals surface area contributed by atoms with E-state index < -0.39 is 17.1 Å². The van der Waals surface area contributed by atoms with E-state index in [0.717, 1.165) is 19.3 Å². The number of aryl methyl sites for hydroxylation is 1. The lowest BCUT2D eigenvalue weighted by atomic mass is 10.0. The quantitative estimate of drug-likeness (QED) is 0.399. The summed E-state index contributed by atoms with van der Waals surface area (Å²) in [4.78, 5) is 50.9. The van der Waals surface area contributed by atoms with E-state index in [0.29, 0.717) is 30.8 Å². The van der Waals surface area contributed by atoms with Crippen molar-refractivity contribution in [3.8, 4) is 17.0 Å². The second-order valence-electron chi connectivity index (χ2n) is 9.01. The minimum absolute atomic E-state index is 0.0941. The van der Waals surface area contributed by atoms with Crippen molar-refractivity contribution in [2.75, 3.05) is 25.5 Å². The Morgan fingerprint density at radius 1 is 1.13 bits per heavy atom. The van der Waals surface area contributed by atoms with Gasteiger partial charge in [0.1, 0.15) is 17.4 Å². The predicted octanol–water partition coefficient (Wildman–Crippen LogP) is 3.68. The number of nitrogens with zero attached hydrogens (tertiary/aromatic N) is 4. The topological polar surface area (TPSA) is 122 Å². The van der Waals surface area contributed by atoms with Crippen LogP contribution < -0.4 is 21.3 Å². The smallest absolute Gasteiger partial charge is 0.349 e. The van der Waals surface area contributed by atoms with Gasteiger partial charge in [0.25, 0.3) is 11.5 Å². The molecule has 4 heterocycles. The number of rotatable bonds is 6. The van der Waals surface area contributed by atoms with Crippen LogP contribution in [0.1, 0.15) is 36.5 Å². The number of likely N-dealkylation sites (tertiary alicyclic amines) is 1. The normalized spacial score (nSPS) is 13.5. The van der Waals surface area contributed by atoms with Crippen molar-refractivity contribution in [3.05, 3.63) is 74.9 Å². The van der Waals surface area contributed by atoms with Gasteiger partial charge < -0.3 is 19.9 Å². The van der Waals surface area contributed by atoms with E-state index in [4.69, 9.17) is 4.74 Å². The maximum Gasteiger partial charge on any atom is 0.349 e. The lowest BCUT2D eigenvalue weighted by Gasteiger charge is -2.27. The zero-order valence-electron chi connectivity index (χ0n) is 21.1. The Hall–Kier alpha value is -4.54. The number of piperidine rings is 1. The van der Waals surface area contributed by atoms with Gasteiger partial charge in [-0.3, -0.25) is 14.2 Å². The Kier molecular flexibility index (Phi) is 6.91. The lowest BCUT2D eigenvalue weighted by molar-refractivity contribution is 0.0720. The summed E-state index contributed by atoms with van der Waals surface area (Å²) in [6.45, 7) is 3.54. The number of carbonyl (C=O) groups is 1. The molecule has 0 spiro atoms. The number of hydrogen-bond donors (Lipinski definition) is 2. The minimum atomic E-state index is -0.655. The van der Waals surface area contributed by atoms with Crippen molar-refractivity contribution in [1.29, 1.82) is 0 Å². The van der Waals surface area contributed by atoms with E-state index in [-0.39, 0.29) is 39.7 Å². The van der Waals surface area contributed by atoms with Gasteiger partial charge in [-0.1, -0.05) is 0 Å². The highest BCUT2D eigenvalue weighted by molar-refractivity contribution is 5.98. The summed E-state index contributed by atoms with van der Waals surface area (Å²) in [5, 5.41) is 3.24. The maximum atomic E-state index is 15.5. The summed E-state index contributed by atoms with van der Waals surface area (Å²) in [6, 6.07) is 7.33. The van der Waals surface area contributed by atoms with Crippen molar-refractivity contribution in [3.63, 3.8) is 0 Å². The number of H-pyrrole nitrogens is 1. The van der Waals surface area contributed by atoms with E-state index in [1.165, 1.54) is 36.1 Å². The van der Waals surface area contributed by atoms with Gasteiger partial charge in [-0.25, -0.2) is 14.2 Å². The van der Waals surface area contributed by atoms with Crippen molar-refractivity contribution in [1.82, 2.24) is 24.4 Å². The number of methoxy groups -OCH3 is 1. The van der Waals surface area contributed by atoms with Gasteiger partial charge in [0.2, 0.25) is 0 Å². The summed E-state index contributed by atoms with van der Waals surface area (Å²) >= 11 is 0. The number of fused-ring (bicyclic) bond motifs is 1. The largest absolute Gasteiger partial charge is 0.496 e. The van der Waals surface area contributed by atoms with E-state index in [1.54, 1.807) is 23.2 Å². The molecular weight excluding hydrogens is 491 g/mol. The molecular formula is C27H27FN6O4. The van der Waals surface area contributed by atoms with E-state index >= 15 is 4.39 Å². The summed E-state index contributed by atoms with van der Waals surface area (Å²) in [5.41, 5.74) is 0.187. The molecule has 0 bridgehead atoms. The second-order valence-corrected chi connectivity index (χ2v) is 9.01. The zero-order chi connectivity index (χ0) is 26.8. The van der Waals surface area contributed by atoms with Crippen LogP contribution in [-0.2, 0) is 6.54 Å². The molecule has 1 saturated heterocycles. The van der Waals surface area contributed by atoms with Gasteiger partial charge in [-0.2, -0.15) is 4.98 Å². The molecule has 3 aromatic heterocycles. The zero-order valence-corrected chi connectivity index (χ0v) is 21.1. The molecule has 4 aromatic rings. The molecule has 1 fully saturated rings. The number of nitrogens with one attached hydrogen (secondary N) is 2. The highest BCUT2D eigenvalue weighted by Gasteiger charge is 2.24. The van der Waals surface area contributed by atoms with Crippen LogP contribution in [0.4, 0.5) is 15.9 Å². The Balaban J connectivity index is 1.61. The van der Waals surface area contributed by atoms with Crippen LogP contribution in [0.15, 0.2) is 52.3 Å². The summed E-state index contributed by atoms with van der Waals surface area (Å²) < 4.78 is 22.5. The number of ether oxygens (including phenoxy) is 1. The Morgan fingerprint density at radius 3 is 2.63 bits per heavy atom. The summed E-state index contributed by atoms with van der Waals surface area (Å²) in [6.07, 6.45) is 5.92. The Morgan fingerprint density at radius 2 is 1.92 bits per heavy atom. The van der Waals surface area contributed by atoms with Crippen LogP contribution >= 0.6 is 0 Å². The first-order chi connectivity index (χ1) is 18.4. The Labute approximate surface area is 217 Å². The molecule has 0 atom stereocenters. The molecule has 0 unspecified atom stereocenters. The third-order valence-corrected chi connectivity index (χ3v) is 6.65. The SMILES string of the molecule is CCn1ccc(Nc2cc(-c3cc(OC)c(C(=O)N4CCCCC4)cc3F)nc3cc[nH]c(=O)c23)nc1=O. The third-order valence-electron chi connectivity index (χ3n) is 6.65. The number of amides is 1. The molecule has 1 aliphatic rings. The number of aromatic amines is 1. The monoisotopic (exact) mass is 518 g/mol. The van der Waals surface area contributed by atoms with Crippen molar-refractivity contribution < 1.29 is 13.9 Å². The van der Waals surface area contributed by atoms with Gasteiger partial charge >= 0.3 is 5.69 Å². The van der Waals surface area contributed by atoms with E-state index in [1.807, 2.05) is 6.92 Å². The average molecular weight is 519 g/mol. The van der Waals surface area contributed by atoms with Crippen LogP contribution in [0.5, 0.6) is 5.75 Å². The molecule has 2 N–H and O–H groups in total. The highest BCUT2D eigenvalue weighted by Crippen LogP contribution is 2.34. The fourth-order valence-electron chi connectivity index (χ4n) is 4.66. The van der Waals surface area contributed by atoms with Crippen molar-refractivity contribution >= 4 is 28.3 Å². The standard InChI is InChI=1S/C27H27FN6O4/c1-3-33-12-8-23(32-27(33)37)31-21-15-20(30-19-7-9-29-25(35)24(19)21)16-14-22(38-2)17(13-18(16)28)26(36)34-10-5-4-6-11-34/h7-9,12-15H,3-6,10-11H2,1-2H3,(H,29,35)(H,30,31,32,37). The first-order valence-corrected chi connectivity index (χ1v) is 12.4. The number of aromatic nitrogens is 4. The fraction of sp³-hybridized carbons (Fsp3) is 0.296. The molecule has 196 valence electrons.